The van der Waals surface area contributed by atoms with Gasteiger partial charge in [-0.2, -0.15) is 0 Å². The smallest absolute Gasteiger partial charge is 0.268 e. The number of nitrogens with one attached hydrogen (secondary N) is 1. The molecule has 0 aromatic heterocycles. The lowest BCUT2D eigenvalue weighted by molar-refractivity contribution is -0.870. The first-order chi connectivity index (χ1) is 22.0. The molecular weight excluding hydrogens is 599 g/mol. The van der Waals surface area contributed by atoms with E-state index in [9.17, 15) is 19.4 Å². The highest BCUT2D eigenvalue weighted by Crippen LogP contribution is 2.38. The molecule has 0 rings (SSSR count). The lowest BCUT2D eigenvalue weighted by Gasteiger charge is -2.29. The number of likely N-dealkylation sites (N-methyl/N-ethyl adjacent to an activating group) is 1. The number of carbonyl (C=O) groups is 1. The minimum Gasteiger partial charge on any atom is -0.756 e. The largest absolute Gasteiger partial charge is 0.756 e. The number of rotatable bonds is 34. The van der Waals surface area contributed by atoms with E-state index in [0.29, 0.717) is 17.4 Å². The van der Waals surface area contributed by atoms with Crippen LogP contribution in [-0.2, 0) is 18.4 Å². The molecule has 0 saturated heterocycles. The molecule has 0 heterocycles. The van der Waals surface area contributed by atoms with Crippen molar-refractivity contribution >= 4 is 13.7 Å². The maximum Gasteiger partial charge on any atom is 0.268 e. The van der Waals surface area contributed by atoms with Crippen LogP contribution in [0.25, 0.3) is 0 Å². The summed E-state index contributed by atoms with van der Waals surface area (Å²) in [5.74, 6) is -0.203. The van der Waals surface area contributed by atoms with Gasteiger partial charge in [0.1, 0.15) is 13.2 Å². The van der Waals surface area contributed by atoms with Crippen molar-refractivity contribution in [3.05, 3.63) is 12.2 Å². The number of carbonyl (C=O) groups excluding carboxylic acids is 1. The van der Waals surface area contributed by atoms with Crippen LogP contribution in [0.5, 0.6) is 0 Å². The lowest BCUT2D eigenvalue weighted by Crippen LogP contribution is -2.45. The number of nitrogens with zero attached hydrogens (tertiary/aromatic N) is 1. The molecule has 0 bridgehead atoms. The first kappa shape index (κ1) is 45.2. The Morgan fingerprint density at radius 1 is 0.739 bits per heavy atom. The van der Waals surface area contributed by atoms with Gasteiger partial charge in [-0.1, -0.05) is 154 Å². The highest BCUT2D eigenvalue weighted by Gasteiger charge is 2.23. The molecular formula is C37H75N2O6P. The molecule has 0 aliphatic rings. The first-order valence-corrected chi connectivity index (χ1v) is 20.5. The van der Waals surface area contributed by atoms with Crippen molar-refractivity contribution in [2.45, 2.75) is 180 Å². The van der Waals surface area contributed by atoms with Crippen molar-refractivity contribution in [1.82, 2.24) is 5.32 Å². The van der Waals surface area contributed by atoms with Crippen LogP contribution in [0.3, 0.4) is 0 Å². The van der Waals surface area contributed by atoms with Gasteiger partial charge < -0.3 is 28.8 Å². The Bertz CT molecular complexity index is 773. The van der Waals surface area contributed by atoms with E-state index in [1.54, 1.807) is 6.08 Å². The van der Waals surface area contributed by atoms with Crippen molar-refractivity contribution in [2.24, 2.45) is 0 Å². The number of quaternary nitrogens is 1. The Morgan fingerprint density at radius 3 is 1.63 bits per heavy atom. The zero-order valence-electron chi connectivity index (χ0n) is 30.8. The van der Waals surface area contributed by atoms with Crippen LogP contribution in [0, 0.1) is 0 Å². The number of phosphoric acid groups is 1. The third-order valence-corrected chi connectivity index (χ3v) is 9.46. The number of aliphatic hydroxyl groups excluding tert-OH is 1. The number of phosphoric ester groups is 1. The zero-order valence-corrected chi connectivity index (χ0v) is 31.7. The van der Waals surface area contributed by atoms with Gasteiger partial charge >= 0.3 is 0 Å². The van der Waals surface area contributed by atoms with Crippen LogP contribution in [0.1, 0.15) is 168 Å². The predicted octanol–water partition coefficient (Wildman–Crippen LogP) is 9.00. The Morgan fingerprint density at radius 2 is 1.17 bits per heavy atom. The quantitative estimate of drug-likeness (QED) is 0.0305. The fraction of sp³-hybridized carbons (Fsp3) is 0.919. The molecule has 8 nitrogen and oxygen atoms in total. The van der Waals surface area contributed by atoms with Crippen LogP contribution < -0.4 is 10.2 Å². The molecule has 0 aliphatic carbocycles. The first-order valence-electron chi connectivity index (χ1n) is 19.1. The molecule has 274 valence electrons. The van der Waals surface area contributed by atoms with Gasteiger partial charge in [-0.15, -0.1) is 0 Å². The Labute approximate surface area is 284 Å². The Kier molecular flexibility index (Phi) is 29.8. The maximum absolute atomic E-state index is 12.7. The normalized spacial score (nSPS) is 14.8. The van der Waals surface area contributed by atoms with Crippen molar-refractivity contribution in [3.63, 3.8) is 0 Å². The summed E-state index contributed by atoms with van der Waals surface area (Å²) in [6, 6.07) is -0.875. The van der Waals surface area contributed by atoms with E-state index >= 15 is 0 Å². The van der Waals surface area contributed by atoms with Gasteiger partial charge in [0.25, 0.3) is 7.82 Å². The standard InChI is InChI=1S/C37H75N2O6P/c1-6-8-10-12-13-14-15-16-17-18-19-20-21-22-23-24-25-27-29-31-37(41)38-35(36(40)30-28-26-11-9-7-2)34-45-46(42,43)44-33-32-39(3,4)5/h28,30,35-36,40H,6-27,29,31-34H2,1-5H3,(H-,38,41,42,43)/b30-28+. The number of allylic oxidation sites excluding steroid dienone is 1. The molecule has 0 spiro atoms. The minimum absolute atomic E-state index is 0.000585. The molecule has 0 aromatic rings. The summed E-state index contributed by atoms with van der Waals surface area (Å²) in [4.78, 5) is 25.0. The molecule has 0 aliphatic heterocycles. The number of hydrogen-bond acceptors (Lipinski definition) is 6. The average molecular weight is 675 g/mol. The molecule has 0 saturated carbocycles. The second-order valence-corrected chi connectivity index (χ2v) is 15.7. The SMILES string of the molecule is CCCCC/C=C/C(O)C(COP(=O)([O-])OCC[N+](C)(C)C)NC(=O)CCCCCCCCCCCCCCCCCCCCC. The van der Waals surface area contributed by atoms with Crippen molar-refractivity contribution < 1.29 is 32.9 Å². The van der Waals surface area contributed by atoms with E-state index in [2.05, 4.69) is 19.2 Å². The molecule has 0 radical (unpaired) electrons. The molecule has 0 fully saturated rings. The average Bonchev–Trinajstić information content (AvgIpc) is 2.99. The fourth-order valence-electron chi connectivity index (χ4n) is 5.39. The summed E-state index contributed by atoms with van der Waals surface area (Å²) in [7, 11) is 1.26. The second kappa shape index (κ2) is 30.3. The van der Waals surface area contributed by atoms with Gasteiger partial charge in [0, 0.05) is 6.42 Å². The van der Waals surface area contributed by atoms with Gasteiger partial charge in [0.15, 0.2) is 0 Å². The van der Waals surface area contributed by atoms with Crippen LogP contribution in [0.15, 0.2) is 12.2 Å². The van der Waals surface area contributed by atoms with Gasteiger partial charge in [-0.25, -0.2) is 0 Å². The highest BCUT2D eigenvalue weighted by atomic mass is 31.2. The van der Waals surface area contributed by atoms with Gasteiger partial charge in [0.05, 0.1) is 39.9 Å². The van der Waals surface area contributed by atoms with Crippen LogP contribution in [-0.4, -0.2) is 68.5 Å². The van der Waals surface area contributed by atoms with Crippen LogP contribution in [0.2, 0.25) is 0 Å². The topological polar surface area (TPSA) is 108 Å². The Balaban J connectivity index is 4.16. The lowest BCUT2D eigenvalue weighted by atomic mass is 10.0. The van der Waals surface area contributed by atoms with Crippen molar-refractivity contribution in [1.29, 1.82) is 0 Å². The molecule has 1 amide bonds. The van der Waals surface area contributed by atoms with Crippen LogP contribution in [0.4, 0.5) is 0 Å². The zero-order chi connectivity index (χ0) is 34.4. The van der Waals surface area contributed by atoms with E-state index in [1.165, 1.54) is 103 Å². The number of hydrogen-bond donors (Lipinski definition) is 2. The van der Waals surface area contributed by atoms with E-state index in [1.807, 2.05) is 27.2 Å². The highest BCUT2D eigenvalue weighted by molar-refractivity contribution is 7.45. The molecule has 2 N–H and O–H groups in total. The number of unbranched alkanes of at least 4 members (excludes halogenated alkanes) is 21. The van der Waals surface area contributed by atoms with E-state index in [-0.39, 0.29) is 19.1 Å². The third-order valence-electron chi connectivity index (χ3n) is 8.50. The van der Waals surface area contributed by atoms with Gasteiger partial charge in [0.2, 0.25) is 5.91 Å². The van der Waals surface area contributed by atoms with E-state index < -0.39 is 20.0 Å². The van der Waals surface area contributed by atoms with E-state index in [0.717, 1.165) is 44.9 Å². The van der Waals surface area contributed by atoms with Gasteiger partial charge in [-0.3, -0.25) is 9.36 Å². The Hall–Kier alpha value is -0.760. The third kappa shape index (κ3) is 31.8. The van der Waals surface area contributed by atoms with Crippen molar-refractivity contribution in [2.75, 3.05) is 40.9 Å². The summed E-state index contributed by atoms with van der Waals surface area (Å²) < 4.78 is 22.9. The second-order valence-electron chi connectivity index (χ2n) is 14.3. The van der Waals surface area contributed by atoms with Crippen molar-refractivity contribution in [3.8, 4) is 0 Å². The number of aliphatic hydroxyl groups is 1. The predicted molar refractivity (Wildman–Crippen MR) is 192 cm³/mol. The fourth-order valence-corrected chi connectivity index (χ4v) is 6.11. The summed E-state index contributed by atoms with van der Waals surface area (Å²) in [5, 5.41) is 13.5. The molecule has 3 unspecified atom stereocenters. The van der Waals surface area contributed by atoms with E-state index in [4.69, 9.17) is 9.05 Å². The summed E-state index contributed by atoms with van der Waals surface area (Å²) >= 11 is 0. The minimum atomic E-state index is -4.56. The molecule has 46 heavy (non-hydrogen) atoms. The molecule has 0 aromatic carbocycles. The summed E-state index contributed by atoms with van der Waals surface area (Å²) in [5.41, 5.74) is 0. The maximum atomic E-state index is 12.7. The summed E-state index contributed by atoms with van der Waals surface area (Å²) in [6.45, 7) is 4.53. The molecule has 9 heteroatoms. The summed E-state index contributed by atoms with van der Waals surface area (Å²) in [6.07, 6.45) is 31.5. The molecule has 3 atom stereocenters. The number of amides is 1. The monoisotopic (exact) mass is 675 g/mol. The van der Waals surface area contributed by atoms with Gasteiger partial charge in [-0.05, 0) is 19.3 Å². The van der Waals surface area contributed by atoms with Crippen LogP contribution >= 0.6 is 7.82 Å².